The number of anilines is 1. The van der Waals surface area contributed by atoms with Gasteiger partial charge in [0, 0.05) is 31.2 Å². The van der Waals surface area contributed by atoms with Gasteiger partial charge in [-0.1, -0.05) is 12.1 Å². The van der Waals surface area contributed by atoms with E-state index in [1.165, 1.54) is 4.68 Å². The fourth-order valence-corrected chi connectivity index (χ4v) is 3.99. The summed E-state index contributed by atoms with van der Waals surface area (Å²) in [6.45, 7) is 1.85. The Bertz CT molecular complexity index is 1170. The van der Waals surface area contributed by atoms with Crippen molar-refractivity contribution in [2.45, 2.75) is 31.8 Å². The number of methoxy groups -OCH3 is 1. The Kier molecular flexibility index (Phi) is 6.06. The number of piperidine rings is 1. The number of fused-ring (bicyclic) bond motifs is 1. The van der Waals surface area contributed by atoms with Crippen LogP contribution < -0.4 is 26.1 Å². The molecule has 4 rings (SSSR count). The van der Waals surface area contributed by atoms with Crippen LogP contribution in [0.2, 0.25) is 0 Å². The summed E-state index contributed by atoms with van der Waals surface area (Å²) in [7, 11) is 1.65. The van der Waals surface area contributed by atoms with Gasteiger partial charge in [-0.05, 0) is 49.2 Å². The maximum absolute atomic E-state index is 12.5. The highest BCUT2D eigenvalue weighted by molar-refractivity contribution is 5.80. The number of nitrogens with one attached hydrogen (secondary N) is 2. The highest BCUT2D eigenvalue weighted by Crippen LogP contribution is 2.22. The SMILES string of the molecule is COc1ccc(N2CCC(NC(=O)CCn3[nH]c(=O)c4ccccc4c3=O)CC2)cc1. The number of benzene rings is 2. The average molecular weight is 422 g/mol. The summed E-state index contributed by atoms with van der Waals surface area (Å²) in [6.07, 6.45) is 1.84. The molecule has 8 heteroatoms. The first-order chi connectivity index (χ1) is 15.0. The van der Waals surface area contributed by atoms with Crippen LogP contribution in [0.25, 0.3) is 10.8 Å². The smallest absolute Gasteiger partial charge is 0.273 e. The highest BCUT2D eigenvalue weighted by Gasteiger charge is 2.21. The number of aromatic nitrogens is 2. The summed E-state index contributed by atoms with van der Waals surface area (Å²) >= 11 is 0. The Labute approximate surface area is 179 Å². The summed E-state index contributed by atoms with van der Waals surface area (Å²) < 4.78 is 6.42. The van der Waals surface area contributed by atoms with E-state index in [2.05, 4.69) is 15.3 Å². The van der Waals surface area contributed by atoms with Crippen molar-refractivity contribution in [2.24, 2.45) is 0 Å². The standard InChI is InChI=1S/C23H26N4O4/c1-31-18-8-6-17(7-9-18)26-13-10-16(11-14-26)24-21(28)12-15-27-23(30)20-5-3-2-4-19(20)22(29)25-27/h2-9,16H,10-15H2,1H3,(H,24,28)(H,25,29). The van der Waals surface area contributed by atoms with E-state index in [0.29, 0.717) is 10.8 Å². The van der Waals surface area contributed by atoms with E-state index in [9.17, 15) is 14.4 Å². The predicted octanol–water partition coefficient (Wildman–Crippen LogP) is 1.87. The van der Waals surface area contributed by atoms with Crippen LogP contribution in [0.4, 0.5) is 5.69 Å². The van der Waals surface area contributed by atoms with Crippen molar-refractivity contribution in [1.29, 1.82) is 0 Å². The van der Waals surface area contributed by atoms with E-state index in [4.69, 9.17) is 4.74 Å². The van der Waals surface area contributed by atoms with E-state index >= 15 is 0 Å². The highest BCUT2D eigenvalue weighted by atomic mass is 16.5. The number of aromatic amines is 1. The molecule has 8 nitrogen and oxygen atoms in total. The molecule has 3 aromatic rings. The van der Waals surface area contributed by atoms with Gasteiger partial charge in [0.05, 0.1) is 24.4 Å². The number of nitrogens with zero attached hydrogens (tertiary/aromatic N) is 2. The van der Waals surface area contributed by atoms with Gasteiger partial charge in [0.1, 0.15) is 5.75 Å². The maximum atomic E-state index is 12.5. The molecule has 2 heterocycles. The van der Waals surface area contributed by atoms with Crippen molar-refractivity contribution in [3.63, 3.8) is 0 Å². The van der Waals surface area contributed by atoms with Gasteiger partial charge in [0.15, 0.2) is 0 Å². The second kappa shape index (κ2) is 9.07. The molecule has 0 bridgehead atoms. The average Bonchev–Trinajstić information content (AvgIpc) is 2.81. The van der Waals surface area contributed by atoms with Gasteiger partial charge in [-0.2, -0.15) is 0 Å². The molecule has 0 atom stereocenters. The summed E-state index contributed by atoms with van der Waals surface area (Å²) in [4.78, 5) is 39.4. The Morgan fingerprint density at radius 2 is 1.74 bits per heavy atom. The number of carbonyl (C=O) groups is 1. The molecule has 0 radical (unpaired) electrons. The largest absolute Gasteiger partial charge is 0.497 e. The van der Waals surface area contributed by atoms with Crippen LogP contribution in [-0.2, 0) is 11.3 Å². The number of carbonyl (C=O) groups excluding carboxylic acids is 1. The van der Waals surface area contributed by atoms with Gasteiger partial charge < -0.3 is 15.0 Å². The van der Waals surface area contributed by atoms with Crippen LogP contribution in [0.1, 0.15) is 19.3 Å². The topological polar surface area (TPSA) is 96.4 Å². The van der Waals surface area contributed by atoms with Crippen molar-refractivity contribution in [1.82, 2.24) is 15.1 Å². The lowest BCUT2D eigenvalue weighted by atomic mass is 10.0. The fourth-order valence-electron chi connectivity index (χ4n) is 3.99. The molecule has 1 fully saturated rings. The lowest BCUT2D eigenvalue weighted by Gasteiger charge is -2.34. The second-order valence-electron chi connectivity index (χ2n) is 7.72. The molecule has 2 aromatic carbocycles. The molecule has 0 spiro atoms. The normalized spacial score (nSPS) is 14.5. The third kappa shape index (κ3) is 4.63. The van der Waals surface area contributed by atoms with Crippen molar-refractivity contribution >= 4 is 22.4 Å². The van der Waals surface area contributed by atoms with Crippen molar-refractivity contribution in [3.8, 4) is 5.75 Å². The lowest BCUT2D eigenvalue weighted by molar-refractivity contribution is -0.122. The number of amides is 1. The third-order valence-electron chi connectivity index (χ3n) is 5.74. The van der Waals surface area contributed by atoms with Crippen LogP contribution in [-0.4, -0.2) is 41.9 Å². The second-order valence-corrected chi connectivity index (χ2v) is 7.72. The van der Waals surface area contributed by atoms with Crippen LogP contribution in [0.15, 0.2) is 58.1 Å². The molecule has 2 N–H and O–H groups in total. The maximum Gasteiger partial charge on any atom is 0.273 e. The molecule has 1 aromatic heterocycles. The molecule has 1 aliphatic heterocycles. The fraction of sp³-hybridized carbons (Fsp3) is 0.348. The zero-order valence-corrected chi connectivity index (χ0v) is 17.5. The quantitative estimate of drug-likeness (QED) is 0.632. The number of aryl methyl sites for hydroxylation is 1. The Balaban J connectivity index is 1.30. The minimum absolute atomic E-state index is 0.106. The first kappa shape index (κ1) is 20.7. The zero-order chi connectivity index (χ0) is 21.8. The van der Waals surface area contributed by atoms with Gasteiger partial charge in [-0.3, -0.25) is 19.5 Å². The van der Waals surface area contributed by atoms with Crippen molar-refractivity contribution in [2.75, 3.05) is 25.1 Å². The molecular weight excluding hydrogens is 396 g/mol. The minimum atomic E-state index is -0.332. The first-order valence-electron chi connectivity index (χ1n) is 10.5. The molecule has 1 saturated heterocycles. The van der Waals surface area contributed by atoms with Crippen molar-refractivity contribution in [3.05, 3.63) is 69.2 Å². The van der Waals surface area contributed by atoms with Crippen LogP contribution >= 0.6 is 0 Å². The summed E-state index contributed by atoms with van der Waals surface area (Å²) in [5.41, 5.74) is 0.516. The summed E-state index contributed by atoms with van der Waals surface area (Å²) in [5.74, 6) is 0.710. The predicted molar refractivity (Wildman–Crippen MR) is 120 cm³/mol. The number of H-pyrrole nitrogens is 1. The Morgan fingerprint density at radius 1 is 1.06 bits per heavy atom. The van der Waals surface area contributed by atoms with Gasteiger partial charge in [-0.25, -0.2) is 4.68 Å². The minimum Gasteiger partial charge on any atom is -0.497 e. The lowest BCUT2D eigenvalue weighted by Crippen LogP contribution is -2.45. The Hall–Kier alpha value is -3.55. The van der Waals surface area contributed by atoms with E-state index in [1.54, 1.807) is 31.4 Å². The molecule has 0 saturated carbocycles. The number of hydrogen-bond acceptors (Lipinski definition) is 5. The number of rotatable bonds is 6. The van der Waals surface area contributed by atoms with E-state index < -0.39 is 0 Å². The van der Waals surface area contributed by atoms with Gasteiger partial charge in [0.25, 0.3) is 11.1 Å². The molecule has 1 aliphatic rings. The summed E-state index contributed by atoms with van der Waals surface area (Å²) in [5, 5.41) is 6.34. The number of hydrogen-bond donors (Lipinski definition) is 2. The van der Waals surface area contributed by atoms with E-state index in [1.807, 2.05) is 24.3 Å². The van der Waals surface area contributed by atoms with Crippen LogP contribution in [0.5, 0.6) is 5.75 Å². The Morgan fingerprint density at radius 3 is 2.42 bits per heavy atom. The van der Waals surface area contributed by atoms with Crippen LogP contribution in [0, 0.1) is 0 Å². The van der Waals surface area contributed by atoms with Gasteiger partial charge in [0.2, 0.25) is 5.91 Å². The number of ether oxygens (including phenoxy) is 1. The molecule has 1 amide bonds. The van der Waals surface area contributed by atoms with Crippen LogP contribution in [0.3, 0.4) is 0 Å². The summed E-state index contributed by atoms with van der Waals surface area (Å²) in [6, 6.07) is 14.8. The first-order valence-corrected chi connectivity index (χ1v) is 10.5. The van der Waals surface area contributed by atoms with E-state index in [-0.39, 0.29) is 36.0 Å². The molecule has 162 valence electrons. The van der Waals surface area contributed by atoms with Gasteiger partial charge >= 0.3 is 0 Å². The molecule has 0 aliphatic carbocycles. The van der Waals surface area contributed by atoms with E-state index in [0.717, 1.165) is 37.4 Å². The molecule has 31 heavy (non-hydrogen) atoms. The zero-order valence-electron chi connectivity index (χ0n) is 17.5. The monoisotopic (exact) mass is 422 g/mol. The molecular formula is C23H26N4O4. The van der Waals surface area contributed by atoms with Crippen molar-refractivity contribution < 1.29 is 9.53 Å². The third-order valence-corrected chi connectivity index (χ3v) is 5.74. The van der Waals surface area contributed by atoms with Gasteiger partial charge in [-0.15, -0.1) is 0 Å². The molecule has 0 unspecified atom stereocenters.